The predicted molar refractivity (Wildman–Crippen MR) is 108 cm³/mol. The van der Waals surface area contributed by atoms with Crippen molar-refractivity contribution in [1.29, 1.82) is 0 Å². The molecule has 0 saturated heterocycles. The van der Waals surface area contributed by atoms with E-state index in [1.54, 1.807) is 24.3 Å². The van der Waals surface area contributed by atoms with Crippen LogP contribution < -0.4 is 5.32 Å². The number of hydrogen-bond donors (Lipinski definition) is 1. The highest BCUT2D eigenvalue weighted by Crippen LogP contribution is 2.26. The molecule has 0 aliphatic carbocycles. The van der Waals surface area contributed by atoms with Crippen molar-refractivity contribution in [1.82, 2.24) is 19.6 Å². The van der Waals surface area contributed by atoms with Crippen LogP contribution in [-0.2, 0) is 11.2 Å². The highest BCUT2D eigenvalue weighted by Gasteiger charge is 2.15. The molecule has 8 heteroatoms. The van der Waals surface area contributed by atoms with Crippen LogP contribution in [0.1, 0.15) is 12.7 Å². The van der Waals surface area contributed by atoms with Gasteiger partial charge in [0.05, 0.1) is 16.8 Å². The number of carbonyl (C=O) groups excluding carboxylic acids is 1. The van der Waals surface area contributed by atoms with Gasteiger partial charge in [-0.2, -0.15) is 0 Å². The van der Waals surface area contributed by atoms with Crippen LogP contribution in [0.5, 0.6) is 0 Å². The lowest BCUT2D eigenvalue weighted by molar-refractivity contribution is -0.113. The number of anilines is 1. The molecule has 0 fully saturated rings. The zero-order chi connectivity index (χ0) is 18.8. The van der Waals surface area contributed by atoms with Crippen molar-refractivity contribution in [2.24, 2.45) is 0 Å². The van der Waals surface area contributed by atoms with Gasteiger partial charge in [-0.15, -0.1) is 10.2 Å². The number of rotatable bonds is 5. The maximum Gasteiger partial charge on any atom is 0.234 e. The summed E-state index contributed by atoms with van der Waals surface area (Å²) in [7, 11) is 0. The molecule has 2 heterocycles. The molecule has 2 aromatic heterocycles. The third kappa shape index (κ3) is 3.61. The Bertz CT molecular complexity index is 1130. The standard InChI is InChI=1S/C19H16ClN5OS/c1-2-16-23-24-18-19(22-14-5-3-4-6-15(14)25(16)18)27-11-17(26)21-13-9-7-12(20)8-10-13/h3-10H,2,11H2,1H3,(H,21,26). The van der Waals surface area contributed by atoms with Gasteiger partial charge in [-0.3, -0.25) is 9.20 Å². The van der Waals surface area contributed by atoms with E-state index in [-0.39, 0.29) is 11.7 Å². The van der Waals surface area contributed by atoms with Crippen molar-refractivity contribution < 1.29 is 4.79 Å². The number of hydrogen-bond acceptors (Lipinski definition) is 5. The van der Waals surface area contributed by atoms with Crippen molar-refractivity contribution in [2.45, 2.75) is 18.4 Å². The number of para-hydroxylation sites is 2. The van der Waals surface area contributed by atoms with Gasteiger partial charge in [0, 0.05) is 17.1 Å². The molecule has 0 bridgehead atoms. The molecule has 27 heavy (non-hydrogen) atoms. The van der Waals surface area contributed by atoms with Gasteiger partial charge in [0.15, 0.2) is 5.65 Å². The summed E-state index contributed by atoms with van der Waals surface area (Å²) >= 11 is 7.21. The number of fused-ring (bicyclic) bond motifs is 3. The molecule has 1 amide bonds. The number of carbonyl (C=O) groups is 1. The first-order valence-electron chi connectivity index (χ1n) is 8.46. The second-order valence-corrected chi connectivity index (χ2v) is 7.28. The summed E-state index contributed by atoms with van der Waals surface area (Å²) in [6, 6.07) is 14.9. The van der Waals surface area contributed by atoms with Crippen molar-refractivity contribution >= 4 is 51.6 Å². The van der Waals surface area contributed by atoms with Crippen LogP contribution in [0.15, 0.2) is 53.6 Å². The quantitative estimate of drug-likeness (QED) is 0.510. The van der Waals surface area contributed by atoms with Crippen molar-refractivity contribution in [3.8, 4) is 0 Å². The van der Waals surface area contributed by atoms with Crippen LogP contribution in [0.25, 0.3) is 16.7 Å². The molecule has 0 unspecified atom stereocenters. The minimum Gasteiger partial charge on any atom is -0.325 e. The van der Waals surface area contributed by atoms with Crippen LogP contribution in [-0.4, -0.2) is 31.2 Å². The number of nitrogens with one attached hydrogen (secondary N) is 1. The lowest BCUT2D eigenvalue weighted by Crippen LogP contribution is -2.14. The molecule has 1 N–H and O–H groups in total. The second kappa shape index (κ2) is 7.54. The summed E-state index contributed by atoms with van der Waals surface area (Å²) in [6.07, 6.45) is 0.760. The molecule has 2 aromatic carbocycles. The fourth-order valence-electron chi connectivity index (χ4n) is 2.81. The van der Waals surface area contributed by atoms with Crippen LogP contribution >= 0.6 is 23.4 Å². The van der Waals surface area contributed by atoms with Gasteiger partial charge >= 0.3 is 0 Å². The first-order valence-corrected chi connectivity index (χ1v) is 9.83. The maximum absolute atomic E-state index is 12.3. The largest absolute Gasteiger partial charge is 0.325 e. The molecular weight excluding hydrogens is 382 g/mol. The molecule has 6 nitrogen and oxygen atoms in total. The summed E-state index contributed by atoms with van der Waals surface area (Å²) in [5, 5.41) is 12.7. The van der Waals surface area contributed by atoms with E-state index in [1.165, 1.54) is 11.8 Å². The molecule has 0 atom stereocenters. The number of nitrogens with zero attached hydrogens (tertiary/aromatic N) is 4. The number of aromatic nitrogens is 4. The summed E-state index contributed by atoms with van der Waals surface area (Å²) in [5.41, 5.74) is 3.19. The number of halogens is 1. The zero-order valence-electron chi connectivity index (χ0n) is 14.5. The Morgan fingerprint density at radius 3 is 2.70 bits per heavy atom. The maximum atomic E-state index is 12.3. The minimum atomic E-state index is -0.120. The number of aryl methyl sites for hydroxylation is 1. The molecule has 4 aromatic rings. The number of amides is 1. The van der Waals surface area contributed by atoms with Crippen molar-refractivity contribution in [3.05, 3.63) is 59.4 Å². The highest BCUT2D eigenvalue weighted by molar-refractivity contribution is 8.00. The molecular formula is C19H16ClN5OS. The molecule has 0 aliphatic rings. The summed E-state index contributed by atoms with van der Waals surface area (Å²) in [4.78, 5) is 17.0. The van der Waals surface area contributed by atoms with Gasteiger partial charge in [-0.1, -0.05) is 42.4 Å². The Balaban J connectivity index is 1.60. The second-order valence-electron chi connectivity index (χ2n) is 5.88. The van der Waals surface area contributed by atoms with E-state index >= 15 is 0 Å². The normalized spacial score (nSPS) is 11.2. The average Bonchev–Trinajstić information content (AvgIpc) is 3.12. The Morgan fingerprint density at radius 1 is 1.15 bits per heavy atom. The molecule has 0 spiro atoms. The lowest BCUT2D eigenvalue weighted by atomic mass is 10.3. The van der Waals surface area contributed by atoms with Crippen LogP contribution in [0, 0.1) is 0 Å². The average molecular weight is 398 g/mol. The topological polar surface area (TPSA) is 72.2 Å². The van der Waals surface area contributed by atoms with Gasteiger partial charge in [0.2, 0.25) is 5.91 Å². The molecule has 0 saturated carbocycles. The Morgan fingerprint density at radius 2 is 1.93 bits per heavy atom. The predicted octanol–water partition coefficient (Wildman–Crippen LogP) is 4.22. The monoisotopic (exact) mass is 397 g/mol. The van der Waals surface area contributed by atoms with E-state index in [4.69, 9.17) is 11.6 Å². The molecule has 136 valence electrons. The smallest absolute Gasteiger partial charge is 0.234 e. The van der Waals surface area contributed by atoms with Gasteiger partial charge in [-0.25, -0.2) is 4.98 Å². The van der Waals surface area contributed by atoms with Crippen LogP contribution in [0.3, 0.4) is 0 Å². The first kappa shape index (κ1) is 17.8. The van der Waals surface area contributed by atoms with E-state index in [9.17, 15) is 4.79 Å². The Labute approximate surface area is 165 Å². The summed E-state index contributed by atoms with van der Waals surface area (Å²) < 4.78 is 2.02. The minimum absolute atomic E-state index is 0.120. The SMILES string of the molecule is CCc1nnc2c(SCC(=O)Nc3ccc(Cl)cc3)nc3ccccc3n12. The van der Waals surface area contributed by atoms with E-state index in [2.05, 4.69) is 20.5 Å². The number of thioether (sulfide) groups is 1. The lowest BCUT2D eigenvalue weighted by Gasteiger charge is -2.08. The fraction of sp³-hybridized carbons (Fsp3) is 0.158. The molecule has 4 rings (SSSR count). The van der Waals surface area contributed by atoms with Gasteiger partial charge in [-0.05, 0) is 36.4 Å². The first-order chi connectivity index (χ1) is 13.2. The van der Waals surface area contributed by atoms with Gasteiger partial charge in [0.1, 0.15) is 10.9 Å². The Hall–Kier alpha value is -2.64. The highest BCUT2D eigenvalue weighted by atomic mass is 35.5. The van der Waals surface area contributed by atoms with Gasteiger partial charge < -0.3 is 5.32 Å². The summed E-state index contributed by atoms with van der Waals surface area (Å²) in [6.45, 7) is 2.04. The fourth-order valence-corrected chi connectivity index (χ4v) is 3.70. The van der Waals surface area contributed by atoms with E-state index in [1.807, 2.05) is 35.6 Å². The number of benzene rings is 2. The van der Waals surface area contributed by atoms with Crippen LogP contribution in [0.2, 0.25) is 5.02 Å². The third-order valence-electron chi connectivity index (χ3n) is 4.05. The van der Waals surface area contributed by atoms with E-state index in [0.29, 0.717) is 21.4 Å². The van der Waals surface area contributed by atoms with Crippen LogP contribution in [0.4, 0.5) is 5.69 Å². The molecule has 0 radical (unpaired) electrons. The Kier molecular flexibility index (Phi) is 4.96. The third-order valence-corrected chi connectivity index (χ3v) is 5.26. The summed E-state index contributed by atoms with van der Waals surface area (Å²) in [5.74, 6) is 0.972. The van der Waals surface area contributed by atoms with E-state index < -0.39 is 0 Å². The van der Waals surface area contributed by atoms with E-state index in [0.717, 1.165) is 23.3 Å². The van der Waals surface area contributed by atoms with Crippen molar-refractivity contribution in [3.63, 3.8) is 0 Å². The van der Waals surface area contributed by atoms with Crippen molar-refractivity contribution in [2.75, 3.05) is 11.1 Å². The molecule has 0 aliphatic heterocycles. The zero-order valence-corrected chi connectivity index (χ0v) is 16.1. The van der Waals surface area contributed by atoms with Gasteiger partial charge in [0.25, 0.3) is 0 Å².